The Morgan fingerprint density at radius 1 is 1.08 bits per heavy atom. The number of hydrogen-bond acceptors (Lipinski definition) is 5. The molecular weight excluding hydrogens is 370 g/mol. The topological polar surface area (TPSA) is 93.1 Å². The summed E-state index contributed by atoms with van der Waals surface area (Å²) in [6, 6.07) is 9.80. The molecule has 134 valence electrons. The van der Waals surface area contributed by atoms with Gasteiger partial charge in [0.1, 0.15) is 6.54 Å². The molecule has 0 spiro atoms. The Kier molecular flexibility index (Phi) is 5.76. The molecule has 0 aliphatic rings. The van der Waals surface area contributed by atoms with Gasteiger partial charge in [-0.05, 0) is 36.4 Å². The van der Waals surface area contributed by atoms with Gasteiger partial charge in [-0.25, -0.2) is 8.42 Å². The van der Waals surface area contributed by atoms with E-state index in [-0.39, 0.29) is 16.3 Å². The van der Waals surface area contributed by atoms with E-state index in [1.807, 2.05) is 0 Å². The van der Waals surface area contributed by atoms with Crippen molar-refractivity contribution in [3.63, 3.8) is 0 Å². The van der Waals surface area contributed by atoms with Crippen LogP contribution in [0.15, 0.2) is 47.4 Å². The zero-order valence-electron chi connectivity index (χ0n) is 13.5. The van der Waals surface area contributed by atoms with E-state index in [0.717, 1.165) is 4.31 Å². The monoisotopic (exact) mass is 385 g/mol. The van der Waals surface area contributed by atoms with E-state index in [4.69, 9.17) is 26.2 Å². The summed E-state index contributed by atoms with van der Waals surface area (Å²) in [6.45, 7) is -0.750. The minimum Gasteiger partial charge on any atom is -0.493 e. The second-order valence-corrected chi connectivity index (χ2v) is 7.20. The van der Waals surface area contributed by atoms with E-state index in [1.54, 1.807) is 0 Å². The van der Waals surface area contributed by atoms with Crippen LogP contribution in [0.25, 0.3) is 0 Å². The molecule has 0 radical (unpaired) electrons. The molecule has 0 unspecified atom stereocenters. The third-order valence-electron chi connectivity index (χ3n) is 3.34. The number of nitrogens with zero attached hydrogens (tertiary/aromatic N) is 1. The number of carbonyl (C=O) groups is 1. The first-order valence-electron chi connectivity index (χ1n) is 7.01. The van der Waals surface area contributed by atoms with Crippen molar-refractivity contribution in [2.24, 2.45) is 0 Å². The van der Waals surface area contributed by atoms with Crippen molar-refractivity contribution in [3.8, 4) is 11.5 Å². The van der Waals surface area contributed by atoms with Crippen LogP contribution in [0.5, 0.6) is 11.5 Å². The molecule has 2 aromatic rings. The predicted octanol–water partition coefficient (Wildman–Crippen LogP) is 2.64. The normalized spacial score (nSPS) is 11.0. The van der Waals surface area contributed by atoms with E-state index in [9.17, 15) is 13.2 Å². The third-order valence-corrected chi connectivity index (χ3v) is 5.38. The molecule has 0 fully saturated rings. The summed E-state index contributed by atoms with van der Waals surface area (Å²) >= 11 is 5.78. The Labute approximate surface area is 150 Å². The standard InChI is InChI=1S/C16H16ClNO6S/c1-23-14-8-5-12(9-15(14)24-2)18(10-16(19)20)25(21,22)13-6-3-11(17)4-7-13/h3-9H,10H2,1-2H3,(H,19,20). The van der Waals surface area contributed by atoms with Gasteiger partial charge >= 0.3 is 5.97 Å². The van der Waals surface area contributed by atoms with Gasteiger partial charge in [-0.15, -0.1) is 0 Å². The maximum atomic E-state index is 12.9. The zero-order chi connectivity index (χ0) is 18.6. The molecular formula is C16H16ClNO6S. The molecule has 2 rings (SSSR count). The molecule has 0 atom stereocenters. The van der Waals surface area contributed by atoms with Gasteiger partial charge in [-0.2, -0.15) is 0 Å². The Morgan fingerprint density at radius 2 is 1.68 bits per heavy atom. The fraction of sp³-hybridized carbons (Fsp3) is 0.188. The van der Waals surface area contributed by atoms with Gasteiger partial charge in [0.15, 0.2) is 11.5 Å². The van der Waals surface area contributed by atoms with Crippen LogP contribution in [-0.2, 0) is 14.8 Å². The second kappa shape index (κ2) is 7.62. The maximum absolute atomic E-state index is 12.9. The minimum absolute atomic E-state index is 0.0760. The number of halogens is 1. The van der Waals surface area contributed by atoms with Gasteiger partial charge in [0.25, 0.3) is 10.0 Å². The number of methoxy groups -OCH3 is 2. The maximum Gasteiger partial charge on any atom is 0.324 e. The largest absolute Gasteiger partial charge is 0.493 e. The van der Waals surface area contributed by atoms with E-state index in [1.165, 1.54) is 56.7 Å². The Balaban J connectivity index is 2.56. The summed E-state index contributed by atoms with van der Waals surface area (Å²) in [7, 11) is -1.27. The molecule has 0 aliphatic heterocycles. The van der Waals surface area contributed by atoms with Crippen molar-refractivity contribution < 1.29 is 27.8 Å². The van der Waals surface area contributed by atoms with Crippen LogP contribution in [0, 0.1) is 0 Å². The van der Waals surface area contributed by atoms with Crippen LogP contribution in [0.1, 0.15) is 0 Å². The van der Waals surface area contributed by atoms with E-state index in [0.29, 0.717) is 10.8 Å². The van der Waals surface area contributed by atoms with Crippen molar-refractivity contribution in [3.05, 3.63) is 47.5 Å². The highest BCUT2D eigenvalue weighted by atomic mass is 35.5. The first-order valence-corrected chi connectivity index (χ1v) is 8.83. The number of ether oxygens (including phenoxy) is 2. The van der Waals surface area contributed by atoms with Crippen LogP contribution >= 0.6 is 11.6 Å². The van der Waals surface area contributed by atoms with Gasteiger partial charge in [0.05, 0.1) is 24.8 Å². The molecule has 2 aromatic carbocycles. The summed E-state index contributed by atoms with van der Waals surface area (Å²) in [4.78, 5) is 11.1. The fourth-order valence-corrected chi connectivity index (χ4v) is 3.68. The quantitative estimate of drug-likeness (QED) is 0.787. The number of carboxylic acids is 1. The molecule has 0 amide bonds. The summed E-state index contributed by atoms with van der Waals surface area (Å²) < 4.78 is 36.8. The number of carboxylic acid groups (broad SMARTS) is 1. The van der Waals surface area contributed by atoms with Gasteiger partial charge in [0, 0.05) is 11.1 Å². The highest BCUT2D eigenvalue weighted by Gasteiger charge is 2.28. The summed E-state index contributed by atoms with van der Waals surface area (Å²) in [6.07, 6.45) is 0. The molecule has 1 N–H and O–H groups in total. The number of benzene rings is 2. The third kappa shape index (κ3) is 4.15. The lowest BCUT2D eigenvalue weighted by Gasteiger charge is -2.23. The number of rotatable bonds is 7. The van der Waals surface area contributed by atoms with Crippen molar-refractivity contribution in [1.82, 2.24) is 0 Å². The van der Waals surface area contributed by atoms with Crippen molar-refractivity contribution in [2.45, 2.75) is 4.90 Å². The first kappa shape index (κ1) is 18.9. The molecule has 0 saturated carbocycles. The van der Waals surface area contributed by atoms with Gasteiger partial charge in [-0.1, -0.05) is 11.6 Å². The van der Waals surface area contributed by atoms with Crippen LogP contribution in [0.4, 0.5) is 5.69 Å². The molecule has 0 aromatic heterocycles. The molecule has 0 aliphatic carbocycles. The number of sulfonamides is 1. The highest BCUT2D eigenvalue weighted by Crippen LogP contribution is 2.33. The molecule has 7 nitrogen and oxygen atoms in total. The lowest BCUT2D eigenvalue weighted by atomic mass is 10.2. The Hall–Kier alpha value is -2.45. The number of anilines is 1. The van der Waals surface area contributed by atoms with Crippen molar-refractivity contribution >= 4 is 33.3 Å². The summed E-state index contributed by atoms with van der Waals surface area (Å²) in [5.41, 5.74) is 0.134. The van der Waals surface area contributed by atoms with Gasteiger partial charge in [0.2, 0.25) is 0 Å². The molecule has 0 bridgehead atoms. The van der Waals surface area contributed by atoms with Crippen molar-refractivity contribution in [2.75, 3.05) is 25.1 Å². The lowest BCUT2D eigenvalue weighted by Crippen LogP contribution is -2.35. The van der Waals surface area contributed by atoms with Gasteiger partial charge in [-0.3, -0.25) is 9.10 Å². The molecule has 9 heteroatoms. The fourth-order valence-electron chi connectivity index (χ4n) is 2.15. The molecule has 0 heterocycles. The zero-order valence-corrected chi connectivity index (χ0v) is 15.0. The first-order chi connectivity index (χ1) is 11.8. The van der Waals surface area contributed by atoms with E-state index < -0.39 is 22.5 Å². The number of aliphatic carboxylic acids is 1. The lowest BCUT2D eigenvalue weighted by molar-refractivity contribution is -0.135. The van der Waals surface area contributed by atoms with Crippen LogP contribution in [-0.4, -0.2) is 40.3 Å². The van der Waals surface area contributed by atoms with Gasteiger partial charge < -0.3 is 14.6 Å². The second-order valence-electron chi connectivity index (χ2n) is 4.90. The highest BCUT2D eigenvalue weighted by molar-refractivity contribution is 7.92. The SMILES string of the molecule is COc1ccc(N(CC(=O)O)S(=O)(=O)c2ccc(Cl)cc2)cc1OC. The predicted molar refractivity (Wildman–Crippen MR) is 93.2 cm³/mol. The number of hydrogen-bond donors (Lipinski definition) is 1. The summed E-state index contributed by atoms with van der Waals surface area (Å²) in [5.74, 6) is -0.626. The average molecular weight is 386 g/mol. The Morgan fingerprint density at radius 3 is 2.20 bits per heavy atom. The molecule has 0 saturated heterocycles. The van der Waals surface area contributed by atoms with Crippen LogP contribution in [0.3, 0.4) is 0 Å². The molecule has 25 heavy (non-hydrogen) atoms. The summed E-state index contributed by atoms with van der Waals surface area (Å²) in [5, 5.41) is 9.51. The van der Waals surface area contributed by atoms with Crippen LogP contribution in [0.2, 0.25) is 5.02 Å². The van der Waals surface area contributed by atoms with Crippen LogP contribution < -0.4 is 13.8 Å². The van der Waals surface area contributed by atoms with E-state index in [2.05, 4.69) is 0 Å². The van der Waals surface area contributed by atoms with E-state index >= 15 is 0 Å². The minimum atomic E-state index is -4.11. The van der Waals surface area contributed by atoms with Crippen molar-refractivity contribution in [1.29, 1.82) is 0 Å². The smallest absolute Gasteiger partial charge is 0.324 e. The average Bonchev–Trinajstić information content (AvgIpc) is 2.59. The Bertz CT molecular complexity index is 867.